The molecule has 4 atom stereocenters. The molecule has 3 heteroatoms. The normalized spacial score (nSPS) is 32.7. The molecule has 0 heterocycles. The lowest BCUT2D eigenvalue weighted by atomic mass is 9.97. The van der Waals surface area contributed by atoms with Crippen molar-refractivity contribution in [3.63, 3.8) is 0 Å². The van der Waals surface area contributed by atoms with Crippen LogP contribution in [0.25, 0.3) is 0 Å². The van der Waals surface area contributed by atoms with Gasteiger partial charge in [0.2, 0.25) is 0 Å². The number of esters is 1. The highest BCUT2D eigenvalue weighted by Crippen LogP contribution is 2.31. The SMILES string of the molecule is COC(=O)C(C)CNC1CCC(C)C1C. The average molecular weight is 213 g/mol. The molecule has 15 heavy (non-hydrogen) atoms. The first-order valence-corrected chi connectivity index (χ1v) is 5.87. The Morgan fingerprint density at radius 2 is 2.13 bits per heavy atom. The first-order chi connectivity index (χ1) is 7.06. The summed E-state index contributed by atoms with van der Waals surface area (Å²) in [5.41, 5.74) is 0. The number of hydrogen-bond donors (Lipinski definition) is 1. The van der Waals surface area contributed by atoms with Gasteiger partial charge < -0.3 is 10.1 Å². The highest BCUT2D eigenvalue weighted by atomic mass is 16.5. The number of rotatable bonds is 4. The second-order valence-electron chi connectivity index (χ2n) is 4.85. The van der Waals surface area contributed by atoms with Crippen molar-refractivity contribution in [1.82, 2.24) is 5.32 Å². The van der Waals surface area contributed by atoms with E-state index in [9.17, 15) is 4.79 Å². The van der Waals surface area contributed by atoms with Crippen molar-refractivity contribution in [3.05, 3.63) is 0 Å². The van der Waals surface area contributed by atoms with Gasteiger partial charge in [-0.3, -0.25) is 4.79 Å². The van der Waals surface area contributed by atoms with E-state index < -0.39 is 0 Å². The lowest BCUT2D eigenvalue weighted by molar-refractivity contribution is -0.144. The lowest BCUT2D eigenvalue weighted by Gasteiger charge is -2.21. The Hall–Kier alpha value is -0.570. The summed E-state index contributed by atoms with van der Waals surface area (Å²) >= 11 is 0. The van der Waals surface area contributed by atoms with Gasteiger partial charge in [0, 0.05) is 12.6 Å². The monoisotopic (exact) mass is 213 g/mol. The summed E-state index contributed by atoms with van der Waals surface area (Å²) in [4.78, 5) is 11.2. The Labute approximate surface area is 92.6 Å². The van der Waals surface area contributed by atoms with Crippen molar-refractivity contribution < 1.29 is 9.53 Å². The molecule has 1 N–H and O–H groups in total. The Balaban J connectivity index is 2.28. The van der Waals surface area contributed by atoms with Crippen LogP contribution in [-0.2, 0) is 9.53 Å². The first kappa shape index (κ1) is 12.5. The van der Waals surface area contributed by atoms with Crippen LogP contribution in [0.4, 0.5) is 0 Å². The van der Waals surface area contributed by atoms with Gasteiger partial charge in [-0.1, -0.05) is 20.8 Å². The van der Waals surface area contributed by atoms with Crippen LogP contribution in [0.3, 0.4) is 0 Å². The van der Waals surface area contributed by atoms with Crippen LogP contribution < -0.4 is 5.32 Å². The van der Waals surface area contributed by atoms with E-state index >= 15 is 0 Å². The van der Waals surface area contributed by atoms with E-state index in [1.165, 1.54) is 20.0 Å². The molecule has 4 unspecified atom stereocenters. The number of hydrogen-bond acceptors (Lipinski definition) is 3. The molecule has 1 aliphatic carbocycles. The molecule has 0 aromatic heterocycles. The van der Waals surface area contributed by atoms with Gasteiger partial charge >= 0.3 is 5.97 Å². The van der Waals surface area contributed by atoms with Crippen molar-refractivity contribution in [2.45, 2.75) is 39.7 Å². The molecule has 0 radical (unpaired) electrons. The second-order valence-corrected chi connectivity index (χ2v) is 4.85. The molecule has 88 valence electrons. The maximum Gasteiger partial charge on any atom is 0.309 e. The summed E-state index contributed by atoms with van der Waals surface area (Å²) in [5, 5.41) is 3.48. The fourth-order valence-corrected chi connectivity index (χ4v) is 2.27. The van der Waals surface area contributed by atoms with Crippen LogP contribution in [-0.4, -0.2) is 25.7 Å². The molecule has 1 aliphatic rings. The Morgan fingerprint density at radius 1 is 1.47 bits per heavy atom. The molecule has 0 spiro atoms. The third-order valence-electron chi connectivity index (χ3n) is 3.76. The molecule has 1 fully saturated rings. The standard InChI is InChI=1S/C12H23NO2/c1-8-5-6-11(10(8)3)13-7-9(2)12(14)15-4/h8-11,13H,5-7H2,1-4H3. The van der Waals surface area contributed by atoms with E-state index in [0.29, 0.717) is 6.04 Å². The van der Waals surface area contributed by atoms with Crippen molar-refractivity contribution in [2.24, 2.45) is 17.8 Å². The predicted octanol–water partition coefficient (Wildman–Crippen LogP) is 1.82. The summed E-state index contributed by atoms with van der Waals surface area (Å²) in [7, 11) is 1.44. The lowest BCUT2D eigenvalue weighted by Crippen LogP contribution is -2.37. The number of nitrogens with one attached hydrogen (secondary N) is 1. The molecule has 0 aliphatic heterocycles. The molecular formula is C12H23NO2. The van der Waals surface area contributed by atoms with Gasteiger partial charge in [0.1, 0.15) is 0 Å². The van der Waals surface area contributed by atoms with Crippen molar-refractivity contribution in [1.29, 1.82) is 0 Å². The number of methoxy groups -OCH3 is 1. The minimum absolute atomic E-state index is 0.0434. The van der Waals surface area contributed by atoms with Gasteiger partial charge in [-0.05, 0) is 24.7 Å². The van der Waals surface area contributed by atoms with Crippen molar-refractivity contribution >= 4 is 5.97 Å². The van der Waals surface area contributed by atoms with Gasteiger partial charge in [-0.15, -0.1) is 0 Å². The summed E-state index contributed by atoms with van der Waals surface area (Å²) in [6.45, 7) is 7.23. The van der Waals surface area contributed by atoms with E-state index in [2.05, 4.69) is 19.2 Å². The second kappa shape index (κ2) is 5.50. The summed E-state index contributed by atoms with van der Waals surface area (Å²) < 4.78 is 4.70. The van der Waals surface area contributed by atoms with Crippen LogP contribution in [0.15, 0.2) is 0 Å². The first-order valence-electron chi connectivity index (χ1n) is 5.87. The van der Waals surface area contributed by atoms with Crippen LogP contribution in [0, 0.1) is 17.8 Å². The fraction of sp³-hybridized carbons (Fsp3) is 0.917. The zero-order valence-corrected chi connectivity index (χ0v) is 10.2. The van der Waals surface area contributed by atoms with Gasteiger partial charge in [0.05, 0.1) is 13.0 Å². The van der Waals surface area contributed by atoms with E-state index in [1.54, 1.807) is 0 Å². The quantitative estimate of drug-likeness (QED) is 0.724. The Kier molecular flexibility index (Phi) is 4.58. The number of carbonyl (C=O) groups excluding carboxylic acids is 1. The minimum Gasteiger partial charge on any atom is -0.469 e. The van der Waals surface area contributed by atoms with Gasteiger partial charge in [-0.2, -0.15) is 0 Å². The van der Waals surface area contributed by atoms with E-state index in [1.807, 2.05) is 6.92 Å². The molecule has 0 bridgehead atoms. The molecule has 0 saturated heterocycles. The number of ether oxygens (including phenoxy) is 1. The zero-order chi connectivity index (χ0) is 11.4. The fourth-order valence-electron chi connectivity index (χ4n) is 2.27. The van der Waals surface area contributed by atoms with Crippen LogP contribution in [0.1, 0.15) is 33.6 Å². The van der Waals surface area contributed by atoms with Crippen LogP contribution in [0.5, 0.6) is 0 Å². The van der Waals surface area contributed by atoms with E-state index in [-0.39, 0.29) is 11.9 Å². The molecular weight excluding hydrogens is 190 g/mol. The molecule has 1 saturated carbocycles. The molecule has 3 nitrogen and oxygen atoms in total. The Morgan fingerprint density at radius 3 is 2.60 bits per heavy atom. The Bertz CT molecular complexity index is 218. The topological polar surface area (TPSA) is 38.3 Å². The highest BCUT2D eigenvalue weighted by Gasteiger charge is 2.29. The van der Waals surface area contributed by atoms with Crippen molar-refractivity contribution in [2.75, 3.05) is 13.7 Å². The third kappa shape index (κ3) is 3.20. The van der Waals surface area contributed by atoms with E-state index in [4.69, 9.17) is 4.74 Å². The van der Waals surface area contributed by atoms with Crippen LogP contribution in [0.2, 0.25) is 0 Å². The zero-order valence-electron chi connectivity index (χ0n) is 10.2. The van der Waals surface area contributed by atoms with Gasteiger partial charge in [-0.25, -0.2) is 0 Å². The summed E-state index contributed by atoms with van der Waals surface area (Å²) in [5.74, 6) is 1.35. The largest absolute Gasteiger partial charge is 0.469 e. The van der Waals surface area contributed by atoms with Crippen molar-refractivity contribution in [3.8, 4) is 0 Å². The molecule has 1 rings (SSSR count). The third-order valence-corrected chi connectivity index (χ3v) is 3.76. The maximum atomic E-state index is 11.2. The summed E-state index contributed by atoms with van der Waals surface area (Å²) in [6.07, 6.45) is 2.53. The minimum atomic E-state index is -0.124. The summed E-state index contributed by atoms with van der Waals surface area (Å²) in [6, 6.07) is 0.576. The van der Waals surface area contributed by atoms with Crippen LogP contribution >= 0.6 is 0 Å². The maximum absolute atomic E-state index is 11.2. The molecule has 0 aromatic rings. The highest BCUT2D eigenvalue weighted by molar-refractivity contribution is 5.72. The number of carbonyl (C=O) groups is 1. The average Bonchev–Trinajstić information content (AvgIpc) is 2.55. The smallest absolute Gasteiger partial charge is 0.309 e. The van der Waals surface area contributed by atoms with E-state index in [0.717, 1.165) is 18.4 Å². The molecule has 0 aromatic carbocycles. The van der Waals surface area contributed by atoms with Gasteiger partial charge in [0.25, 0.3) is 0 Å². The van der Waals surface area contributed by atoms with Gasteiger partial charge in [0.15, 0.2) is 0 Å². The predicted molar refractivity (Wildman–Crippen MR) is 60.5 cm³/mol. The molecule has 0 amide bonds.